The van der Waals surface area contributed by atoms with Crippen LogP contribution in [0, 0.1) is 11.8 Å². The highest BCUT2D eigenvalue weighted by Crippen LogP contribution is 2.38. The van der Waals surface area contributed by atoms with E-state index in [0.29, 0.717) is 18.2 Å². The first-order valence-corrected chi connectivity index (χ1v) is 16.3. The zero-order chi connectivity index (χ0) is 28.8. The number of benzene rings is 2. The molecule has 0 atom stereocenters. The summed E-state index contributed by atoms with van der Waals surface area (Å²) in [5.74, 6) is 3.06. The Labute approximate surface area is 248 Å². The second-order valence-corrected chi connectivity index (χ2v) is 12.9. The van der Waals surface area contributed by atoms with E-state index in [4.69, 9.17) is 16.3 Å². The lowest BCUT2D eigenvalue weighted by Crippen LogP contribution is -2.36. The molecule has 2 aliphatic rings. The Morgan fingerprint density at radius 1 is 0.976 bits per heavy atom. The summed E-state index contributed by atoms with van der Waals surface area (Å²) in [6.07, 6.45) is 11.0. The fourth-order valence-corrected chi connectivity index (χ4v) is 7.02. The first-order valence-electron chi connectivity index (χ1n) is 14.5. The minimum Gasteiger partial charge on any atom is -0.492 e. The SMILES string of the molecule is CCOc1cc(N2CCC(C3CCCCC3)CC2)ccc1Nc1ncc(Cl)c(Nc2ccccc2S(=O)(=O)NC)n1. The topological polar surface area (TPSA) is 108 Å². The fourth-order valence-electron chi connectivity index (χ4n) is 6.00. The summed E-state index contributed by atoms with van der Waals surface area (Å²) in [6.45, 7) is 4.62. The molecule has 11 heteroatoms. The lowest BCUT2D eigenvalue weighted by Gasteiger charge is -2.38. The number of piperidine rings is 1. The van der Waals surface area contributed by atoms with Crippen molar-refractivity contribution in [3.8, 4) is 5.75 Å². The molecule has 0 amide bonds. The monoisotopic (exact) mass is 598 g/mol. The molecule has 1 saturated heterocycles. The summed E-state index contributed by atoms with van der Waals surface area (Å²) in [6, 6.07) is 12.7. The molecule has 2 aromatic carbocycles. The molecule has 3 aromatic rings. The zero-order valence-electron chi connectivity index (χ0n) is 23.7. The Balaban J connectivity index is 1.31. The smallest absolute Gasteiger partial charge is 0.242 e. The van der Waals surface area contributed by atoms with E-state index in [1.165, 1.54) is 64.3 Å². The van der Waals surface area contributed by atoms with Gasteiger partial charge >= 0.3 is 0 Å². The predicted molar refractivity (Wildman–Crippen MR) is 165 cm³/mol. The van der Waals surface area contributed by atoms with E-state index in [2.05, 4.69) is 42.4 Å². The molecule has 1 saturated carbocycles. The molecule has 0 unspecified atom stereocenters. The summed E-state index contributed by atoms with van der Waals surface area (Å²) >= 11 is 6.39. The summed E-state index contributed by atoms with van der Waals surface area (Å²) in [5, 5.41) is 6.55. The number of para-hydroxylation sites is 1. The van der Waals surface area contributed by atoms with Crippen LogP contribution in [-0.4, -0.2) is 45.1 Å². The molecule has 5 rings (SSSR count). The summed E-state index contributed by atoms with van der Waals surface area (Å²) < 4.78 is 33.3. The molecule has 1 aliphatic carbocycles. The van der Waals surface area contributed by atoms with Gasteiger partial charge in [-0.25, -0.2) is 18.1 Å². The van der Waals surface area contributed by atoms with Crippen molar-refractivity contribution in [2.45, 2.75) is 56.8 Å². The molecule has 41 heavy (non-hydrogen) atoms. The van der Waals surface area contributed by atoms with Gasteiger partial charge in [-0.1, -0.05) is 55.8 Å². The summed E-state index contributed by atoms with van der Waals surface area (Å²) in [5.41, 5.74) is 2.24. The number of aromatic nitrogens is 2. The average Bonchev–Trinajstić information content (AvgIpc) is 3.00. The van der Waals surface area contributed by atoms with Crippen LogP contribution < -0.4 is 25.0 Å². The van der Waals surface area contributed by atoms with Crippen molar-refractivity contribution in [3.63, 3.8) is 0 Å². The molecule has 1 aromatic heterocycles. The summed E-state index contributed by atoms with van der Waals surface area (Å²) in [7, 11) is -2.32. The van der Waals surface area contributed by atoms with Gasteiger partial charge in [0.05, 0.1) is 24.2 Å². The van der Waals surface area contributed by atoms with Crippen molar-refractivity contribution < 1.29 is 13.2 Å². The largest absolute Gasteiger partial charge is 0.492 e. The standard InChI is InChI=1S/C30H39ClN6O3S/c1-3-40-27-19-23(37-17-15-22(16-18-37)21-9-5-4-6-10-21)13-14-25(27)35-30-33-20-24(31)29(36-30)34-26-11-7-8-12-28(26)41(38,39)32-2/h7-8,11-14,19-22,32H,3-6,9-10,15-18H2,1-2H3,(H2,33,34,35,36). The quantitative estimate of drug-likeness (QED) is 0.236. The minimum atomic E-state index is -3.69. The molecule has 0 spiro atoms. The third kappa shape index (κ3) is 7.05. The van der Waals surface area contributed by atoms with Crippen molar-refractivity contribution >= 4 is 50.5 Å². The number of hydrogen-bond acceptors (Lipinski definition) is 8. The molecule has 0 bridgehead atoms. The van der Waals surface area contributed by atoms with E-state index in [1.54, 1.807) is 18.2 Å². The van der Waals surface area contributed by atoms with E-state index < -0.39 is 10.0 Å². The molecular formula is C30H39ClN6O3S. The lowest BCUT2D eigenvalue weighted by molar-refractivity contribution is 0.213. The van der Waals surface area contributed by atoms with E-state index in [9.17, 15) is 8.42 Å². The molecule has 9 nitrogen and oxygen atoms in total. The second kappa shape index (κ2) is 13.3. The summed E-state index contributed by atoms with van der Waals surface area (Å²) in [4.78, 5) is 11.4. The maximum Gasteiger partial charge on any atom is 0.242 e. The Bertz CT molecular complexity index is 1440. The number of rotatable bonds is 10. The lowest BCUT2D eigenvalue weighted by atomic mass is 9.76. The number of sulfonamides is 1. The van der Waals surface area contributed by atoms with Gasteiger partial charge in [0, 0.05) is 24.8 Å². The minimum absolute atomic E-state index is 0.0867. The van der Waals surface area contributed by atoms with E-state index >= 15 is 0 Å². The van der Waals surface area contributed by atoms with E-state index in [-0.39, 0.29) is 15.7 Å². The molecule has 2 fully saturated rings. The van der Waals surface area contributed by atoms with Crippen LogP contribution in [-0.2, 0) is 10.0 Å². The third-order valence-electron chi connectivity index (χ3n) is 8.18. The van der Waals surface area contributed by atoms with Crippen molar-refractivity contribution in [3.05, 3.63) is 53.7 Å². The van der Waals surface area contributed by atoms with Gasteiger partial charge in [-0.05, 0) is 62.9 Å². The number of halogens is 1. The van der Waals surface area contributed by atoms with Crippen molar-refractivity contribution in [1.29, 1.82) is 0 Å². The van der Waals surface area contributed by atoms with Crippen LogP contribution in [0.2, 0.25) is 5.02 Å². The zero-order valence-corrected chi connectivity index (χ0v) is 25.3. The first kappa shape index (κ1) is 29.4. The maximum atomic E-state index is 12.5. The third-order valence-corrected chi connectivity index (χ3v) is 9.92. The molecule has 220 valence electrons. The second-order valence-electron chi connectivity index (χ2n) is 10.7. The van der Waals surface area contributed by atoms with Gasteiger partial charge in [-0.2, -0.15) is 4.98 Å². The van der Waals surface area contributed by atoms with Crippen LogP contribution in [0.4, 0.5) is 28.8 Å². The van der Waals surface area contributed by atoms with Crippen LogP contribution in [0.1, 0.15) is 51.9 Å². The van der Waals surface area contributed by atoms with Gasteiger partial charge in [0.25, 0.3) is 0 Å². The van der Waals surface area contributed by atoms with Gasteiger partial charge < -0.3 is 20.3 Å². The van der Waals surface area contributed by atoms with Gasteiger partial charge in [0.15, 0.2) is 5.82 Å². The fraction of sp³-hybridized carbons (Fsp3) is 0.467. The molecule has 3 N–H and O–H groups in total. The number of ether oxygens (including phenoxy) is 1. The molecule has 0 radical (unpaired) electrons. The highest BCUT2D eigenvalue weighted by molar-refractivity contribution is 7.89. The Morgan fingerprint density at radius 3 is 2.44 bits per heavy atom. The van der Waals surface area contributed by atoms with E-state index in [0.717, 1.165) is 42.0 Å². The Hall–Kier alpha value is -3.08. The molecule has 1 aliphatic heterocycles. The number of anilines is 5. The van der Waals surface area contributed by atoms with Gasteiger partial charge in [-0.15, -0.1) is 0 Å². The highest BCUT2D eigenvalue weighted by Gasteiger charge is 2.28. The van der Waals surface area contributed by atoms with Crippen molar-refractivity contribution in [2.24, 2.45) is 11.8 Å². The van der Waals surface area contributed by atoms with Crippen molar-refractivity contribution in [2.75, 3.05) is 42.3 Å². The van der Waals surface area contributed by atoms with Gasteiger partial charge in [0.1, 0.15) is 15.7 Å². The van der Waals surface area contributed by atoms with Crippen LogP contribution >= 0.6 is 11.6 Å². The molecular weight excluding hydrogens is 560 g/mol. The number of nitrogens with one attached hydrogen (secondary N) is 3. The van der Waals surface area contributed by atoms with Crippen LogP contribution in [0.15, 0.2) is 53.6 Å². The normalized spacial score (nSPS) is 16.9. The Morgan fingerprint density at radius 2 is 1.71 bits per heavy atom. The predicted octanol–water partition coefficient (Wildman–Crippen LogP) is 6.72. The number of hydrogen-bond donors (Lipinski definition) is 3. The maximum absolute atomic E-state index is 12.5. The Kier molecular flexibility index (Phi) is 9.52. The van der Waals surface area contributed by atoms with Crippen molar-refractivity contribution in [1.82, 2.24) is 14.7 Å². The van der Waals surface area contributed by atoms with E-state index in [1.807, 2.05) is 13.0 Å². The van der Waals surface area contributed by atoms with Gasteiger partial charge in [-0.3, -0.25) is 0 Å². The van der Waals surface area contributed by atoms with Crippen LogP contribution in [0.5, 0.6) is 5.75 Å². The number of nitrogens with zero attached hydrogens (tertiary/aromatic N) is 3. The van der Waals surface area contributed by atoms with Crippen LogP contribution in [0.3, 0.4) is 0 Å². The van der Waals surface area contributed by atoms with Gasteiger partial charge in [0.2, 0.25) is 16.0 Å². The molecule has 2 heterocycles. The van der Waals surface area contributed by atoms with Crippen LogP contribution in [0.25, 0.3) is 0 Å². The average molecular weight is 599 g/mol. The highest BCUT2D eigenvalue weighted by atomic mass is 35.5. The first-order chi connectivity index (χ1) is 19.9.